The van der Waals surface area contributed by atoms with Crippen molar-refractivity contribution in [2.45, 2.75) is 43.1 Å². The lowest BCUT2D eigenvalue weighted by Gasteiger charge is -2.15. The van der Waals surface area contributed by atoms with Crippen molar-refractivity contribution in [1.29, 1.82) is 0 Å². The van der Waals surface area contributed by atoms with E-state index in [0.717, 1.165) is 15.2 Å². The summed E-state index contributed by atoms with van der Waals surface area (Å²) in [5.74, 6) is -0.306. The molecule has 3 heterocycles. The number of hydrogen-bond acceptors (Lipinski definition) is 4. The van der Waals surface area contributed by atoms with Gasteiger partial charge in [-0.25, -0.2) is 9.97 Å². The molecule has 0 aliphatic heterocycles. The second kappa shape index (κ2) is 7.77. The van der Waals surface area contributed by atoms with Gasteiger partial charge in [0.05, 0.1) is 16.6 Å². The summed E-state index contributed by atoms with van der Waals surface area (Å²) in [6.45, 7) is 1.86. The van der Waals surface area contributed by atoms with Crippen LogP contribution in [0.2, 0.25) is 0 Å². The first-order chi connectivity index (χ1) is 16.3. The molecule has 13 heteroatoms. The van der Waals surface area contributed by atoms with Crippen molar-refractivity contribution in [1.82, 2.24) is 23.7 Å². The van der Waals surface area contributed by atoms with E-state index in [4.69, 9.17) is 0 Å². The van der Waals surface area contributed by atoms with E-state index in [1.165, 1.54) is 36.5 Å². The van der Waals surface area contributed by atoms with Crippen molar-refractivity contribution >= 4 is 33.8 Å². The predicted molar refractivity (Wildman–Crippen MR) is 119 cm³/mol. The number of thioether (sulfide) groups is 1. The van der Waals surface area contributed by atoms with Crippen LogP contribution in [0.15, 0.2) is 27.9 Å². The zero-order valence-electron chi connectivity index (χ0n) is 18.8. The Morgan fingerprint density at radius 1 is 0.971 bits per heavy atom. The molecule has 0 spiro atoms. The van der Waals surface area contributed by atoms with E-state index in [2.05, 4.69) is 9.97 Å². The summed E-state index contributed by atoms with van der Waals surface area (Å²) in [6.07, 6.45) is -8.44. The molecule has 1 fully saturated rings. The Bertz CT molecular complexity index is 1540. The molecule has 0 saturated heterocycles. The molecule has 0 unspecified atom stereocenters. The van der Waals surface area contributed by atoms with E-state index in [9.17, 15) is 31.1 Å². The van der Waals surface area contributed by atoms with Crippen LogP contribution in [0.25, 0.3) is 33.5 Å². The number of rotatable bonds is 4. The third kappa shape index (κ3) is 3.80. The number of imidazole rings is 2. The van der Waals surface area contributed by atoms with Gasteiger partial charge in [-0.3, -0.25) is 9.36 Å². The fourth-order valence-electron chi connectivity index (χ4n) is 4.37. The van der Waals surface area contributed by atoms with Crippen molar-refractivity contribution in [3.05, 3.63) is 40.1 Å². The normalized spacial score (nSPS) is 15.0. The van der Waals surface area contributed by atoms with E-state index < -0.39 is 35.5 Å². The average Bonchev–Trinajstić information content (AvgIpc) is 3.45. The zero-order valence-corrected chi connectivity index (χ0v) is 19.6. The first-order valence-corrected chi connectivity index (χ1v) is 11.7. The lowest BCUT2D eigenvalue weighted by Crippen LogP contribution is -2.28. The smallest absolute Gasteiger partial charge is 0.323 e. The molecule has 0 amide bonds. The molecule has 6 nitrogen and oxygen atoms in total. The molecular weight excluding hydrogens is 496 g/mol. The molecule has 186 valence electrons. The molecule has 1 aliphatic rings. The average molecular weight is 515 g/mol. The number of alkyl halides is 6. The summed E-state index contributed by atoms with van der Waals surface area (Å²) in [6, 6.07) is 3.35. The van der Waals surface area contributed by atoms with Crippen LogP contribution >= 0.6 is 11.8 Å². The molecule has 1 aromatic carbocycles. The molecule has 0 bridgehead atoms. The third-order valence-electron chi connectivity index (χ3n) is 6.06. The van der Waals surface area contributed by atoms with E-state index in [1.807, 2.05) is 6.92 Å². The number of fused-ring (bicyclic) bond motifs is 2. The van der Waals surface area contributed by atoms with E-state index in [1.54, 1.807) is 6.07 Å². The van der Waals surface area contributed by atoms with Gasteiger partial charge in [-0.15, -0.1) is 11.8 Å². The Hall–Kier alpha value is -2.96. The van der Waals surface area contributed by atoms with Crippen LogP contribution in [-0.4, -0.2) is 29.4 Å². The number of aryl methyl sites for hydroxylation is 2. The van der Waals surface area contributed by atoms with E-state index >= 15 is 0 Å². The Balaban J connectivity index is 1.80. The van der Waals surface area contributed by atoms with Gasteiger partial charge in [0, 0.05) is 30.6 Å². The Kier molecular flexibility index (Phi) is 5.28. The van der Waals surface area contributed by atoms with Crippen LogP contribution in [0.1, 0.15) is 37.3 Å². The molecule has 5 rings (SSSR count). The molecule has 35 heavy (non-hydrogen) atoms. The van der Waals surface area contributed by atoms with Gasteiger partial charge >= 0.3 is 12.4 Å². The number of halogens is 6. The summed E-state index contributed by atoms with van der Waals surface area (Å²) < 4.78 is 84.6. The maximum absolute atomic E-state index is 13.8. The quantitative estimate of drug-likeness (QED) is 0.256. The second-order valence-electron chi connectivity index (χ2n) is 8.42. The number of benzene rings is 1. The van der Waals surface area contributed by atoms with Crippen LogP contribution in [-0.2, 0) is 26.4 Å². The largest absolute Gasteiger partial charge is 0.449 e. The highest BCUT2D eigenvalue weighted by atomic mass is 32.2. The fourth-order valence-corrected chi connectivity index (χ4v) is 5.18. The van der Waals surface area contributed by atoms with Crippen molar-refractivity contribution in [2.75, 3.05) is 5.75 Å². The van der Waals surface area contributed by atoms with Crippen molar-refractivity contribution in [2.24, 2.45) is 14.1 Å². The highest BCUT2D eigenvalue weighted by molar-refractivity contribution is 7.99. The third-order valence-corrected chi connectivity index (χ3v) is 6.99. The lowest BCUT2D eigenvalue weighted by molar-refractivity contribution is -0.146. The first kappa shape index (κ1) is 23.8. The number of hydrogen-bond donors (Lipinski definition) is 0. The summed E-state index contributed by atoms with van der Waals surface area (Å²) in [4.78, 5) is 21.8. The molecule has 0 N–H and O–H groups in total. The minimum Gasteiger partial charge on any atom is -0.323 e. The van der Waals surface area contributed by atoms with Crippen LogP contribution in [0.5, 0.6) is 0 Å². The molecule has 1 aliphatic carbocycles. The Morgan fingerprint density at radius 3 is 2.23 bits per heavy atom. The number of nitrogens with zero attached hydrogens (tertiary/aromatic N) is 5. The minimum atomic E-state index is -4.74. The molecule has 0 atom stereocenters. The summed E-state index contributed by atoms with van der Waals surface area (Å²) in [5.41, 5.74) is -1.26. The highest BCUT2D eigenvalue weighted by Crippen LogP contribution is 2.41. The number of pyridine rings is 1. The van der Waals surface area contributed by atoms with Crippen LogP contribution in [0.3, 0.4) is 0 Å². The van der Waals surface area contributed by atoms with Crippen molar-refractivity contribution in [3.63, 3.8) is 0 Å². The summed E-state index contributed by atoms with van der Waals surface area (Å²) in [7, 11) is 2.78. The summed E-state index contributed by atoms with van der Waals surface area (Å²) >= 11 is 1.35. The lowest BCUT2D eigenvalue weighted by atomic mass is 10.2. The van der Waals surface area contributed by atoms with Gasteiger partial charge in [0.1, 0.15) is 17.0 Å². The predicted octanol–water partition coefficient (Wildman–Crippen LogP) is 5.77. The first-order valence-electron chi connectivity index (χ1n) is 10.7. The van der Waals surface area contributed by atoms with Crippen LogP contribution in [0.4, 0.5) is 26.3 Å². The molecule has 3 aromatic heterocycles. The molecular formula is C22H19F6N5OS. The summed E-state index contributed by atoms with van der Waals surface area (Å²) in [5, 5.41) is 0. The maximum Gasteiger partial charge on any atom is 0.449 e. The molecule has 4 aromatic rings. The monoisotopic (exact) mass is 515 g/mol. The maximum atomic E-state index is 13.8. The zero-order chi connectivity index (χ0) is 25.4. The van der Waals surface area contributed by atoms with Crippen molar-refractivity contribution < 1.29 is 26.3 Å². The van der Waals surface area contributed by atoms with Gasteiger partial charge in [0.25, 0.3) is 5.56 Å². The minimum absolute atomic E-state index is 0.00412. The molecule has 1 saturated carbocycles. The Morgan fingerprint density at radius 2 is 1.66 bits per heavy atom. The Labute approximate surface area is 198 Å². The van der Waals surface area contributed by atoms with Gasteiger partial charge in [0.15, 0.2) is 0 Å². The molecule has 0 radical (unpaired) electrons. The van der Waals surface area contributed by atoms with Crippen LogP contribution in [0, 0.1) is 0 Å². The fraction of sp³-hybridized carbons (Fsp3) is 0.409. The van der Waals surface area contributed by atoms with Gasteiger partial charge in [-0.1, -0.05) is 6.92 Å². The SMILES string of the molecule is CCSc1cc2c(cc1-c1nc3cc(C(F)(F)F)n(C4CC4)c(=O)c3n1C)nc(C(F)(F)F)n2C. The second-order valence-corrected chi connectivity index (χ2v) is 9.73. The topological polar surface area (TPSA) is 57.6 Å². The van der Waals surface area contributed by atoms with Crippen molar-refractivity contribution in [3.8, 4) is 11.4 Å². The van der Waals surface area contributed by atoms with Gasteiger partial charge in [-0.2, -0.15) is 26.3 Å². The van der Waals surface area contributed by atoms with E-state index in [-0.39, 0.29) is 27.9 Å². The van der Waals surface area contributed by atoms with Crippen LogP contribution < -0.4 is 5.56 Å². The number of aromatic nitrogens is 5. The highest BCUT2D eigenvalue weighted by Gasteiger charge is 2.41. The van der Waals surface area contributed by atoms with Gasteiger partial charge in [-0.05, 0) is 36.8 Å². The van der Waals surface area contributed by atoms with Gasteiger partial charge in [0.2, 0.25) is 5.82 Å². The van der Waals surface area contributed by atoms with Gasteiger partial charge < -0.3 is 9.13 Å². The van der Waals surface area contributed by atoms with E-state index in [0.29, 0.717) is 29.1 Å². The standard InChI is InChI=1S/C22H19F6N5OS/c1-4-35-15-9-14-12(30-20(31(14)2)22(26,27)28)7-11(15)18-29-13-8-16(21(23,24)25)33(10-5-6-10)19(34)17(13)32(18)3/h7-10H,4-6H2,1-3H3.